The molecule has 6 nitrogen and oxygen atoms in total. The lowest BCUT2D eigenvalue weighted by Crippen LogP contribution is -2.33. The Morgan fingerprint density at radius 2 is 1.95 bits per heavy atom. The van der Waals surface area contributed by atoms with Gasteiger partial charge in [-0.05, 0) is 24.4 Å². The first kappa shape index (κ1) is 14.9. The maximum Gasteiger partial charge on any atom is 0.323 e. The molecule has 22 heavy (non-hydrogen) atoms. The Balaban J connectivity index is 2.10. The Hall–Kier alpha value is -2.06. The first-order valence-electron chi connectivity index (χ1n) is 6.48. The van der Waals surface area contributed by atoms with Crippen molar-refractivity contribution in [3.8, 4) is 0 Å². The van der Waals surface area contributed by atoms with Crippen molar-refractivity contribution in [1.29, 1.82) is 0 Å². The molecule has 0 atom stereocenters. The zero-order chi connectivity index (χ0) is 16.0. The summed E-state index contributed by atoms with van der Waals surface area (Å²) >= 11 is 6.65. The molecule has 0 aromatic heterocycles. The largest absolute Gasteiger partial charge is 0.480 e. The van der Waals surface area contributed by atoms with Crippen molar-refractivity contribution < 1.29 is 14.7 Å². The number of carbonyl (C=O) groups is 2. The van der Waals surface area contributed by atoms with Gasteiger partial charge >= 0.3 is 5.97 Å². The molecule has 1 aromatic rings. The van der Waals surface area contributed by atoms with Gasteiger partial charge in [0.05, 0.1) is 5.69 Å². The predicted molar refractivity (Wildman–Crippen MR) is 87.4 cm³/mol. The van der Waals surface area contributed by atoms with Gasteiger partial charge < -0.3 is 14.9 Å². The van der Waals surface area contributed by atoms with Crippen LogP contribution in [0.25, 0.3) is 0 Å². The first-order valence-corrected chi connectivity index (χ1v) is 7.70. The van der Waals surface area contributed by atoms with Crippen LogP contribution >= 0.6 is 24.0 Å². The minimum absolute atomic E-state index is 0.208. The van der Waals surface area contributed by atoms with Gasteiger partial charge in [-0.2, -0.15) is 0 Å². The number of para-hydroxylation sites is 1. The fourth-order valence-corrected chi connectivity index (χ4v) is 3.87. The summed E-state index contributed by atoms with van der Waals surface area (Å²) in [6, 6.07) is 7.77. The van der Waals surface area contributed by atoms with Crippen molar-refractivity contribution in [1.82, 2.24) is 9.80 Å². The third-order valence-electron chi connectivity index (χ3n) is 3.53. The average molecular weight is 335 g/mol. The summed E-state index contributed by atoms with van der Waals surface area (Å²) in [5.41, 5.74) is 1.30. The van der Waals surface area contributed by atoms with Crippen LogP contribution in [0.15, 0.2) is 39.9 Å². The standard InChI is InChI=1S/C14H13N3O3S2/c1-15-8-5-3-4-6-9(8)22-13(15)11-12(20)16(2)14(21)17(11)7-10(18)19/h3-6H,7H2,1-2H3,(H,18,19). The molecular formula is C14H13N3O3S2. The molecular weight excluding hydrogens is 322 g/mol. The molecule has 1 amide bonds. The summed E-state index contributed by atoms with van der Waals surface area (Å²) in [4.78, 5) is 29.2. The van der Waals surface area contributed by atoms with Crippen LogP contribution in [0.3, 0.4) is 0 Å². The van der Waals surface area contributed by atoms with E-state index >= 15 is 0 Å². The number of likely N-dealkylation sites (N-methyl/N-ethyl adjacent to an activating group) is 1. The van der Waals surface area contributed by atoms with Crippen LogP contribution in [0.4, 0.5) is 5.69 Å². The van der Waals surface area contributed by atoms with Crippen molar-refractivity contribution in [3.63, 3.8) is 0 Å². The number of carbonyl (C=O) groups excluding carboxylic acids is 1. The number of hydrogen-bond donors (Lipinski definition) is 1. The number of anilines is 1. The van der Waals surface area contributed by atoms with E-state index in [1.165, 1.54) is 21.6 Å². The summed E-state index contributed by atoms with van der Waals surface area (Å²) in [6.07, 6.45) is 0. The summed E-state index contributed by atoms with van der Waals surface area (Å²) < 4.78 is 0. The Kier molecular flexibility index (Phi) is 3.57. The summed E-state index contributed by atoms with van der Waals surface area (Å²) in [7, 11) is 3.41. The Morgan fingerprint density at radius 3 is 2.59 bits per heavy atom. The van der Waals surface area contributed by atoms with Gasteiger partial charge in [-0.15, -0.1) is 0 Å². The van der Waals surface area contributed by atoms with Gasteiger partial charge in [-0.25, -0.2) is 0 Å². The van der Waals surface area contributed by atoms with Crippen LogP contribution in [-0.4, -0.2) is 52.5 Å². The van der Waals surface area contributed by atoms with Gasteiger partial charge in [0.15, 0.2) is 5.11 Å². The minimum Gasteiger partial charge on any atom is -0.480 e. The van der Waals surface area contributed by atoms with E-state index in [9.17, 15) is 9.59 Å². The molecule has 2 aliphatic rings. The van der Waals surface area contributed by atoms with Gasteiger partial charge in [-0.3, -0.25) is 14.5 Å². The summed E-state index contributed by atoms with van der Waals surface area (Å²) in [5.74, 6) is -1.32. The number of thioether (sulfide) groups is 1. The number of benzene rings is 1. The predicted octanol–water partition coefficient (Wildman–Crippen LogP) is 1.54. The number of carboxylic acid groups (broad SMARTS) is 1. The molecule has 3 rings (SSSR count). The molecule has 2 aliphatic heterocycles. The molecule has 0 spiro atoms. The second-order valence-corrected chi connectivity index (χ2v) is 6.30. The molecule has 0 saturated carbocycles. The minimum atomic E-state index is -1.04. The van der Waals surface area contributed by atoms with Crippen molar-refractivity contribution in [2.45, 2.75) is 4.90 Å². The van der Waals surface area contributed by atoms with E-state index in [2.05, 4.69) is 0 Å². The van der Waals surface area contributed by atoms with Crippen LogP contribution in [0.5, 0.6) is 0 Å². The lowest BCUT2D eigenvalue weighted by atomic mass is 10.3. The molecule has 0 bridgehead atoms. The molecule has 0 radical (unpaired) electrons. The number of rotatable bonds is 2. The molecule has 0 unspecified atom stereocenters. The van der Waals surface area contributed by atoms with E-state index in [0.29, 0.717) is 10.7 Å². The topological polar surface area (TPSA) is 64.1 Å². The number of aliphatic carboxylic acids is 1. The highest BCUT2D eigenvalue weighted by molar-refractivity contribution is 8.03. The lowest BCUT2D eigenvalue weighted by molar-refractivity contribution is -0.137. The van der Waals surface area contributed by atoms with E-state index in [-0.39, 0.29) is 17.6 Å². The van der Waals surface area contributed by atoms with Gasteiger partial charge in [0.25, 0.3) is 5.91 Å². The highest BCUT2D eigenvalue weighted by atomic mass is 32.2. The number of thiocarbonyl (C=S) groups is 1. The zero-order valence-electron chi connectivity index (χ0n) is 11.9. The maximum atomic E-state index is 12.5. The fraction of sp³-hybridized carbons (Fsp3) is 0.214. The smallest absolute Gasteiger partial charge is 0.323 e. The fourth-order valence-electron chi connectivity index (χ4n) is 2.44. The second kappa shape index (κ2) is 5.29. The monoisotopic (exact) mass is 335 g/mol. The third-order valence-corrected chi connectivity index (χ3v) is 5.25. The molecule has 2 heterocycles. The average Bonchev–Trinajstić information content (AvgIpc) is 2.91. The Morgan fingerprint density at radius 1 is 1.27 bits per heavy atom. The normalized spacial score (nSPS) is 20.9. The first-order chi connectivity index (χ1) is 10.4. The number of hydrogen-bond acceptors (Lipinski definition) is 5. The summed E-state index contributed by atoms with van der Waals surface area (Å²) in [5, 5.41) is 9.99. The Labute approximate surface area is 137 Å². The quantitative estimate of drug-likeness (QED) is 0.650. The molecule has 1 N–H and O–H groups in total. The van der Waals surface area contributed by atoms with Crippen molar-refractivity contribution >= 4 is 46.7 Å². The van der Waals surface area contributed by atoms with Crippen LogP contribution in [0, 0.1) is 0 Å². The van der Waals surface area contributed by atoms with E-state index in [0.717, 1.165) is 10.6 Å². The number of carboxylic acids is 1. The van der Waals surface area contributed by atoms with Crippen molar-refractivity contribution in [2.75, 3.05) is 25.5 Å². The highest BCUT2D eigenvalue weighted by Crippen LogP contribution is 2.47. The maximum absolute atomic E-state index is 12.5. The second-order valence-electron chi connectivity index (χ2n) is 4.91. The van der Waals surface area contributed by atoms with Crippen LogP contribution in [0.2, 0.25) is 0 Å². The van der Waals surface area contributed by atoms with Gasteiger partial charge in [0.2, 0.25) is 0 Å². The van der Waals surface area contributed by atoms with Crippen molar-refractivity contribution in [3.05, 3.63) is 35.0 Å². The SMILES string of the molecule is CN1C(=O)C(=C2Sc3ccccc3N2C)N(CC(=O)O)C1=S. The molecule has 8 heteroatoms. The van der Waals surface area contributed by atoms with Crippen LogP contribution < -0.4 is 4.90 Å². The molecule has 0 aliphatic carbocycles. The zero-order valence-corrected chi connectivity index (χ0v) is 13.6. The van der Waals surface area contributed by atoms with E-state index in [4.69, 9.17) is 17.3 Å². The number of nitrogens with zero attached hydrogens (tertiary/aromatic N) is 3. The van der Waals surface area contributed by atoms with Crippen molar-refractivity contribution in [2.24, 2.45) is 0 Å². The van der Waals surface area contributed by atoms with Crippen LogP contribution in [-0.2, 0) is 9.59 Å². The van der Waals surface area contributed by atoms with E-state index in [1.807, 2.05) is 36.2 Å². The van der Waals surface area contributed by atoms with Crippen LogP contribution in [0.1, 0.15) is 0 Å². The lowest BCUT2D eigenvalue weighted by Gasteiger charge is -2.20. The molecule has 1 saturated heterocycles. The highest BCUT2D eigenvalue weighted by Gasteiger charge is 2.41. The molecule has 1 aromatic carbocycles. The summed E-state index contributed by atoms with van der Waals surface area (Å²) in [6.45, 7) is -0.335. The Bertz CT molecular complexity index is 732. The van der Waals surface area contributed by atoms with Gasteiger partial charge in [0, 0.05) is 19.0 Å². The van der Waals surface area contributed by atoms with Gasteiger partial charge in [0.1, 0.15) is 17.3 Å². The number of amides is 1. The number of fused-ring (bicyclic) bond motifs is 1. The molecule has 1 fully saturated rings. The molecule has 114 valence electrons. The van der Waals surface area contributed by atoms with E-state index in [1.54, 1.807) is 7.05 Å². The third kappa shape index (κ3) is 2.15. The van der Waals surface area contributed by atoms with Gasteiger partial charge in [-0.1, -0.05) is 23.9 Å². The van der Waals surface area contributed by atoms with E-state index < -0.39 is 5.97 Å².